The molecular weight excluding hydrogens is 408 g/mol. The maximum absolute atomic E-state index is 13.2. The van der Waals surface area contributed by atoms with E-state index in [1.165, 1.54) is 18.2 Å². The standard InChI is InChI=1S/C18H15FINO2/c19-13-3-1-12(2-4-13)17-16(23)9-10-18(17,11-22)21-15-7-5-14(20)6-8-15/h1-10,17,21-22H,11H2/t17-,18+/m0/s1. The minimum absolute atomic E-state index is 0.108. The molecule has 0 fully saturated rings. The summed E-state index contributed by atoms with van der Waals surface area (Å²) in [6, 6.07) is 13.5. The van der Waals surface area contributed by atoms with Crippen LogP contribution in [0.4, 0.5) is 10.1 Å². The first kappa shape index (κ1) is 16.1. The van der Waals surface area contributed by atoms with E-state index in [0.717, 1.165) is 9.26 Å². The van der Waals surface area contributed by atoms with Gasteiger partial charge in [0.1, 0.15) is 5.82 Å². The number of carbonyl (C=O) groups excluding carboxylic acids is 1. The molecule has 0 radical (unpaired) electrons. The van der Waals surface area contributed by atoms with Crippen LogP contribution in [0.1, 0.15) is 11.5 Å². The molecule has 0 spiro atoms. The van der Waals surface area contributed by atoms with Gasteiger partial charge in [-0.05, 0) is 70.6 Å². The molecule has 1 aliphatic rings. The van der Waals surface area contributed by atoms with Crippen LogP contribution in [-0.4, -0.2) is 23.0 Å². The first-order valence-corrected chi connectivity index (χ1v) is 8.25. The van der Waals surface area contributed by atoms with Crippen molar-refractivity contribution in [2.45, 2.75) is 11.5 Å². The normalized spacial score (nSPS) is 23.3. The average molecular weight is 423 g/mol. The zero-order valence-corrected chi connectivity index (χ0v) is 14.3. The smallest absolute Gasteiger partial charge is 0.165 e. The molecule has 3 rings (SSSR count). The molecule has 23 heavy (non-hydrogen) atoms. The number of halogens is 2. The molecule has 0 saturated heterocycles. The topological polar surface area (TPSA) is 49.3 Å². The van der Waals surface area contributed by atoms with E-state index in [1.807, 2.05) is 24.3 Å². The van der Waals surface area contributed by atoms with Gasteiger partial charge in [-0.2, -0.15) is 0 Å². The number of allylic oxidation sites excluding steroid dienone is 1. The van der Waals surface area contributed by atoms with E-state index < -0.39 is 11.5 Å². The summed E-state index contributed by atoms with van der Waals surface area (Å²) < 4.78 is 14.3. The van der Waals surface area contributed by atoms with E-state index >= 15 is 0 Å². The van der Waals surface area contributed by atoms with Crippen molar-refractivity contribution in [2.75, 3.05) is 11.9 Å². The summed E-state index contributed by atoms with van der Waals surface area (Å²) in [7, 11) is 0. The van der Waals surface area contributed by atoms with Gasteiger partial charge in [0.15, 0.2) is 5.78 Å². The lowest BCUT2D eigenvalue weighted by Gasteiger charge is -2.34. The summed E-state index contributed by atoms with van der Waals surface area (Å²) in [5, 5.41) is 13.3. The molecule has 3 nitrogen and oxygen atoms in total. The number of aliphatic hydroxyl groups is 1. The molecule has 0 bridgehead atoms. The van der Waals surface area contributed by atoms with Crippen LogP contribution < -0.4 is 5.32 Å². The maximum atomic E-state index is 13.2. The molecule has 0 aliphatic heterocycles. The Bertz CT molecular complexity index is 743. The van der Waals surface area contributed by atoms with E-state index in [2.05, 4.69) is 27.9 Å². The van der Waals surface area contributed by atoms with Crippen LogP contribution in [0.5, 0.6) is 0 Å². The third kappa shape index (κ3) is 3.16. The fourth-order valence-corrected chi connectivity index (χ4v) is 3.25. The van der Waals surface area contributed by atoms with Crippen LogP contribution >= 0.6 is 22.6 Å². The highest BCUT2D eigenvalue weighted by Crippen LogP contribution is 2.38. The van der Waals surface area contributed by atoms with E-state index in [1.54, 1.807) is 18.2 Å². The Kier molecular flexibility index (Phi) is 4.50. The Labute approximate surface area is 147 Å². The SMILES string of the molecule is O=C1C=C[C@](CO)(Nc2ccc(I)cc2)[C@H]1c1ccc(F)cc1. The lowest BCUT2D eigenvalue weighted by Crippen LogP contribution is -2.45. The lowest BCUT2D eigenvalue weighted by molar-refractivity contribution is -0.116. The maximum Gasteiger partial charge on any atom is 0.165 e. The monoisotopic (exact) mass is 423 g/mol. The Balaban J connectivity index is 1.97. The van der Waals surface area contributed by atoms with Crippen LogP contribution in [0.15, 0.2) is 60.7 Å². The molecule has 0 unspecified atom stereocenters. The second-order valence-corrected chi connectivity index (χ2v) is 6.80. The summed E-state index contributed by atoms with van der Waals surface area (Å²) >= 11 is 2.21. The number of hydrogen-bond donors (Lipinski definition) is 2. The van der Waals surface area contributed by atoms with Crippen molar-refractivity contribution in [3.63, 3.8) is 0 Å². The van der Waals surface area contributed by atoms with Gasteiger partial charge in [0.2, 0.25) is 0 Å². The van der Waals surface area contributed by atoms with Gasteiger partial charge in [0.05, 0.1) is 18.1 Å². The van der Waals surface area contributed by atoms with Crippen molar-refractivity contribution >= 4 is 34.1 Å². The third-order valence-corrected chi connectivity index (χ3v) is 4.75. The summed E-state index contributed by atoms with van der Waals surface area (Å²) in [4.78, 5) is 12.3. The third-order valence-electron chi connectivity index (χ3n) is 4.03. The van der Waals surface area contributed by atoms with E-state index in [-0.39, 0.29) is 18.2 Å². The highest BCUT2D eigenvalue weighted by Gasteiger charge is 2.45. The largest absolute Gasteiger partial charge is 0.394 e. The van der Waals surface area contributed by atoms with Gasteiger partial charge < -0.3 is 10.4 Å². The van der Waals surface area contributed by atoms with Crippen LogP contribution in [0.25, 0.3) is 0 Å². The summed E-state index contributed by atoms with van der Waals surface area (Å²) in [6.07, 6.45) is 3.17. The lowest BCUT2D eigenvalue weighted by atomic mass is 9.81. The zero-order valence-electron chi connectivity index (χ0n) is 12.2. The second kappa shape index (κ2) is 6.41. The molecule has 118 valence electrons. The molecule has 0 amide bonds. The van der Waals surface area contributed by atoms with Gasteiger partial charge in [-0.1, -0.05) is 18.2 Å². The van der Waals surface area contributed by atoms with Gasteiger partial charge in [-0.25, -0.2) is 4.39 Å². The predicted molar refractivity (Wildman–Crippen MR) is 95.9 cm³/mol. The van der Waals surface area contributed by atoms with Crippen LogP contribution in [-0.2, 0) is 4.79 Å². The Morgan fingerprint density at radius 2 is 1.78 bits per heavy atom. The van der Waals surface area contributed by atoms with Gasteiger partial charge in [-0.15, -0.1) is 0 Å². The molecule has 0 saturated carbocycles. The quantitative estimate of drug-likeness (QED) is 0.741. The number of benzene rings is 2. The summed E-state index contributed by atoms with van der Waals surface area (Å²) in [5.74, 6) is -1.05. The molecule has 0 aromatic heterocycles. The van der Waals surface area contributed by atoms with Gasteiger partial charge in [0.25, 0.3) is 0 Å². The molecule has 1 aliphatic carbocycles. The van der Waals surface area contributed by atoms with Crippen LogP contribution in [0.3, 0.4) is 0 Å². The number of carbonyl (C=O) groups is 1. The van der Waals surface area contributed by atoms with Crippen LogP contribution in [0, 0.1) is 9.39 Å². The van der Waals surface area contributed by atoms with Gasteiger partial charge in [-0.3, -0.25) is 4.79 Å². The van der Waals surface area contributed by atoms with Gasteiger partial charge >= 0.3 is 0 Å². The first-order valence-electron chi connectivity index (χ1n) is 7.17. The molecule has 0 heterocycles. The Morgan fingerprint density at radius 1 is 1.13 bits per heavy atom. The molecular formula is C18H15FINO2. The van der Waals surface area contributed by atoms with E-state index in [9.17, 15) is 14.3 Å². The number of ketones is 1. The zero-order chi connectivity index (χ0) is 16.4. The van der Waals surface area contributed by atoms with Crippen molar-refractivity contribution in [1.29, 1.82) is 0 Å². The summed E-state index contributed by atoms with van der Waals surface area (Å²) in [5.41, 5.74) is 0.557. The number of nitrogens with one attached hydrogen (secondary N) is 1. The minimum Gasteiger partial charge on any atom is -0.394 e. The first-order chi connectivity index (χ1) is 11.0. The number of hydrogen-bond acceptors (Lipinski definition) is 3. The van der Waals surface area contributed by atoms with Crippen molar-refractivity contribution in [3.05, 3.63) is 75.6 Å². The second-order valence-electron chi connectivity index (χ2n) is 5.55. The Morgan fingerprint density at radius 3 is 2.39 bits per heavy atom. The number of aliphatic hydroxyl groups excluding tert-OH is 1. The van der Waals surface area contributed by atoms with Crippen molar-refractivity contribution in [2.24, 2.45) is 0 Å². The molecule has 2 atom stereocenters. The molecule has 2 aromatic rings. The highest BCUT2D eigenvalue weighted by molar-refractivity contribution is 14.1. The van der Waals surface area contributed by atoms with Crippen molar-refractivity contribution in [1.82, 2.24) is 0 Å². The average Bonchev–Trinajstić information content (AvgIpc) is 2.88. The fraction of sp³-hybridized carbons (Fsp3) is 0.167. The predicted octanol–water partition coefficient (Wildman–Crippen LogP) is 3.50. The fourth-order valence-electron chi connectivity index (χ4n) is 2.89. The van der Waals surface area contributed by atoms with Crippen molar-refractivity contribution < 1.29 is 14.3 Å². The Hall–Kier alpha value is -1.73. The van der Waals surface area contributed by atoms with E-state index in [0.29, 0.717) is 5.56 Å². The van der Waals surface area contributed by atoms with Crippen molar-refractivity contribution in [3.8, 4) is 0 Å². The number of anilines is 1. The van der Waals surface area contributed by atoms with Gasteiger partial charge in [0, 0.05) is 9.26 Å². The molecule has 2 N–H and O–H groups in total. The molecule has 2 aromatic carbocycles. The minimum atomic E-state index is -0.929. The highest BCUT2D eigenvalue weighted by atomic mass is 127. The molecule has 5 heteroatoms. The van der Waals surface area contributed by atoms with E-state index in [4.69, 9.17) is 0 Å². The summed E-state index contributed by atoms with van der Waals surface area (Å²) in [6.45, 7) is -0.247. The van der Waals surface area contributed by atoms with Crippen LogP contribution in [0.2, 0.25) is 0 Å². The number of rotatable bonds is 4.